The normalized spacial score (nSPS) is 13.4. The fourth-order valence-corrected chi connectivity index (χ4v) is 4.80. The quantitative estimate of drug-likeness (QED) is 0.347. The van der Waals surface area contributed by atoms with Crippen LogP contribution in [0, 0.1) is 5.41 Å². The van der Waals surface area contributed by atoms with Gasteiger partial charge in [0.2, 0.25) is 11.9 Å². The predicted molar refractivity (Wildman–Crippen MR) is 136 cm³/mol. The van der Waals surface area contributed by atoms with Gasteiger partial charge in [0.25, 0.3) is 17.6 Å². The number of para-hydroxylation sites is 1. The SMILES string of the molecule is N=C1N=C(Cc2nnc(C(=O)c3nc4ccc(-c5ccccc5)cc4s3)o2)C(=O)N1c1ccccc1. The Bertz CT molecular complexity index is 1670. The number of rotatable bonds is 6. The molecule has 9 nitrogen and oxygen atoms in total. The number of amides is 1. The third-order valence-corrected chi connectivity index (χ3v) is 6.60. The Labute approximate surface area is 208 Å². The molecule has 3 aromatic carbocycles. The van der Waals surface area contributed by atoms with Gasteiger partial charge in [-0.1, -0.05) is 54.6 Å². The van der Waals surface area contributed by atoms with Gasteiger partial charge in [0, 0.05) is 0 Å². The molecule has 0 saturated heterocycles. The van der Waals surface area contributed by atoms with E-state index in [1.807, 2.05) is 54.6 Å². The van der Waals surface area contributed by atoms with E-state index in [9.17, 15) is 9.59 Å². The molecule has 0 atom stereocenters. The number of nitrogens with one attached hydrogen (secondary N) is 1. The zero-order chi connectivity index (χ0) is 24.6. The van der Waals surface area contributed by atoms with Crippen LogP contribution in [0.2, 0.25) is 0 Å². The van der Waals surface area contributed by atoms with Gasteiger partial charge in [-0.15, -0.1) is 21.5 Å². The largest absolute Gasteiger partial charge is 0.418 e. The summed E-state index contributed by atoms with van der Waals surface area (Å²) in [6, 6.07) is 24.6. The van der Waals surface area contributed by atoms with Gasteiger partial charge in [0.15, 0.2) is 5.01 Å². The van der Waals surface area contributed by atoms with E-state index in [4.69, 9.17) is 9.83 Å². The first-order chi connectivity index (χ1) is 17.6. The predicted octanol–water partition coefficient (Wildman–Crippen LogP) is 4.54. The minimum absolute atomic E-state index is 0.0561. The molecule has 0 saturated carbocycles. The summed E-state index contributed by atoms with van der Waals surface area (Å²) in [5.41, 5.74) is 3.43. The van der Waals surface area contributed by atoms with Crippen molar-refractivity contribution in [3.05, 3.63) is 95.7 Å². The maximum absolute atomic E-state index is 13.0. The summed E-state index contributed by atoms with van der Waals surface area (Å²) in [6.45, 7) is 0. The van der Waals surface area contributed by atoms with E-state index in [0.717, 1.165) is 15.8 Å². The highest BCUT2D eigenvalue weighted by molar-refractivity contribution is 7.20. The molecule has 1 aliphatic rings. The summed E-state index contributed by atoms with van der Waals surface area (Å²) in [4.78, 5) is 35.5. The van der Waals surface area contributed by atoms with Crippen LogP contribution in [-0.2, 0) is 11.2 Å². The molecule has 6 rings (SSSR count). The summed E-state index contributed by atoms with van der Waals surface area (Å²) in [5.74, 6) is -1.29. The maximum Gasteiger partial charge on any atom is 0.291 e. The highest BCUT2D eigenvalue weighted by Crippen LogP contribution is 2.29. The Morgan fingerprint density at radius 2 is 1.69 bits per heavy atom. The molecule has 10 heteroatoms. The molecule has 0 unspecified atom stereocenters. The van der Waals surface area contributed by atoms with E-state index in [2.05, 4.69) is 20.2 Å². The van der Waals surface area contributed by atoms with E-state index in [1.165, 1.54) is 16.2 Å². The van der Waals surface area contributed by atoms with Gasteiger partial charge in [-0.25, -0.2) is 14.9 Å². The van der Waals surface area contributed by atoms with Gasteiger partial charge in [-0.05, 0) is 35.4 Å². The lowest BCUT2D eigenvalue weighted by Gasteiger charge is -2.14. The molecular formula is C26H16N6O3S. The number of benzene rings is 3. The first kappa shape index (κ1) is 21.7. The van der Waals surface area contributed by atoms with Crippen LogP contribution >= 0.6 is 11.3 Å². The standard InChI is InChI=1S/C26H16N6O3S/c27-26-29-19(25(34)32(26)17-9-5-2-6-10-17)14-21-30-31-23(35-21)22(33)24-28-18-12-11-16(13-20(18)36-24)15-7-3-1-4-8-15/h1-13,27H,14H2. The first-order valence-electron chi connectivity index (χ1n) is 11.0. The number of aromatic nitrogens is 3. The van der Waals surface area contributed by atoms with Gasteiger partial charge >= 0.3 is 0 Å². The molecule has 0 bridgehead atoms. The highest BCUT2D eigenvalue weighted by atomic mass is 32.1. The van der Waals surface area contributed by atoms with E-state index >= 15 is 0 Å². The van der Waals surface area contributed by atoms with Crippen LogP contribution in [0.5, 0.6) is 0 Å². The van der Waals surface area contributed by atoms with Crippen molar-refractivity contribution in [1.29, 1.82) is 5.41 Å². The fraction of sp³-hybridized carbons (Fsp3) is 0.0385. The van der Waals surface area contributed by atoms with Crippen LogP contribution in [0.3, 0.4) is 0 Å². The molecule has 36 heavy (non-hydrogen) atoms. The van der Waals surface area contributed by atoms with Gasteiger partial charge in [0.1, 0.15) is 5.71 Å². The summed E-state index contributed by atoms with van der Waals surface area (Å²) in [7, 11) is 0. The van der Waals surface area contributed by atoms with Crippen LogP contribution in [-0.4, -0.2) is 38.5 Å². The number of carbonyl (C=O) groups excluding carboxylic acids is 2. The molecule has 0 radical (unpaired) electrons. The minimum Gasteiger partial charge on any atom is -0.418 e. The number of ketones is 1. The highest BCUT2D eigenvalue weighted by Gasteiger charge is 2.33. The summed E-state index contributed by atoms with van der Waals surface area (Å²) in [5, 5.41) is 16.1. The lowest BCUT2D eigenvalue weighted by Crippen LogP contribution is -2.33. The van der Waals surface area contributed by atoms with E-state index < -0.39 is 11.7 Å². The lowest BCUT2D eigenvalue weighted by molar-refractivity contribution is -0.111. The lowest BCUT2D eigenvalue weighted by atomic mass is 10.1. The van der Waals surface area contributed by atoms with E-state index in [-0.39, 0.29) is 34.9 Å². The third-order valence-electron chi connectivity index (χ3n) is 5.59. The second-order valence-electron chi connectivity index (χ2n) is 7.93. The number of anilines is 1. The van der Waals surface area contributed by atoms with E-state index in [1.54, 1.807) is 24.3 Å². The second-order valence-corrected chi connectivity index (χ2v) is 8.96. The van der Waals surface area contributed by atoms with Crippen molar-refractivity contribution in [2.24, 2.45) is 4.99 Å². The summed E-state index contributed by atoms with van der Waals surface area (Å²) in [6.07, 6.45) is -0.0922. The van der Waals surface area contributed by atoms with Crippen molar-refractivity contribution in [2.75, 3.05) is 4.90 Å². The number of thiazole rings is 1. The van der Waals surface area contributed by atoms with Crippen molar-refractivity contribution in [2.45, 2.75) is 6.42 Å². The molecule has 1 N–H and O–H groups in total. The Morgan fingerprint density at radius 1 is 0.944 bits per heavy atom. The van der Waals surface area contributed by atoms with Crippen molar-refractivity contribution in [3.8, 4) is 11.1 Å². The topological polar surface area (TPSA) is 125 Å². The Kier molecular flexibility index (Phi) is 5.27. The first-order valence-corrected chi connectivity index (χ1v) is 11.8. The minimum atomic E-state index is -0.491. The number of hydrogen-bond acceptors (Lipinski definition) is 8. The molecule has 1 aliphatic heterocycles. The number of fused-ring (bicyclic) bond motifs is 1. The molecular weight excluding hydrogens is 476 g/mol. The van der Waals surface area contributed by atoms with Gasteiger partial charge in [-0.2, -0.15) is 0 Å². The molecule has 0 spiro atoms. The monoisotopic (exact) mass is 492 g/mol. The average molecular weight is 493 g/mol. The van der Waals surface area contributed by atoms with Gasteiger partial charge in [0.05, 0.1) is 22.3 Å². The van der Waals surface area contributed by atoms with Crippen LogP contribution in [0.4, 0.5) is 5.69 Å². The zero-order valence-electron chi connectivity index (χ0n) is 18.6. The average Bonchev–Trinajstić information content (AvgIpc) is 3.62. The molecule has 2 aromatic heterocycles. The number of hydrogen-bond donors (Lipinski definition) is 1. The second kappa shape index (κ2) is 8.75. The van der Waals surface area contributed by atoms with Crippen LogP contribution in [0.1, 0.15) is 21.6 Å². The number of aliphatic imine (C=N–C) groups is 1. The zero-order valence-corrected chi connectivity index (χ0v) is 19.4. The summed E-state index contributed by atoms with van der Waals surface area (Å²) < 4.78 is 6.41. The van der Waals surface area contributed by atoms with Crippen molar-refractivity contribution < 1.29 is 14.0 Å². The maximum atomic E-state index is 13.0. The molecule has 0 aliphatic carbocycles. The Hall–Kier alpha value is -4.83. The Morgan fingerprint density at radius 3 is 2.47 bits per heavy atom. The van der Waals surface area contributed by atoms with Crippen LogP contribution in [0.25, 0.3) is 21.3 Å². The van der Waals surface area contributed by atoms with Crippen molar-refractivity contribution >= 4 is 50.6 Å². The smallest absolute Gasteiger partial charge is 0.291 e. The molecule has 1 amide bonds. The van der Waals surface area contributed by atoms with Gasteiger partial charge < -0.3 is 4.42 Å². The van der Waals surface area contributed by atoms with Gasteiger partial charge in [-0.3, -0.25) is 15.0 Å². The van der Waals surface area contributed by atoms with E-state index in [0.29, 0.717) is 11.2 Å². The van der Waals surface area contributed by atoms with Crippen LogP contribution in [0.15, 0.2) is 88.3 Å². The molecule has 174 valence electrons. The van der Waals surface area contributed by atoms with Crippen LogP contribution < -0.4 is 4.90 Å². The number of guanidine groups is 1. The molecule has 5 aromatic rings. The third kappa shape index (κ3) is 3.89. The number of carbonyl (C=O) groups is 2. The van der Waals surface area contributed by atoms with Crippen molar-refractivity contribution in [3.63, 3.8) is 0 Å². The Balaban J connectivity index is 1.20. The fourth-order valence-electron chi connectivity index (χ4n) is 3.87. The molecule has 0 fully saturated rings. The molecule has 3 heterocycles. The van der Waals surface area contributed by atoms with Crippen molar-refractivity contribution in [1.82, 2.24) is 15.2 Å². The summed E-state index contributed by atoms with van der Waals surface area (Å²) >= 11 is 1.25. The number of nitrogens with zero attached hydrogens (tertiary/aromatic N) is 5.